The molecule has 0 amide bonds. The molecule has 0 bridgehead atoms. The molecule has 17 heavy (non-hydrogen) atoms. The fourth-order valence-corrected chi connectivity index (χ4v) is 0. The Bertz CT molecular complexity index is 341. The summed E-state index contributed by atoms with van der Waals surface area (Å²) < 4.78 is 94.8. The van der Waals surface area contributed by atoms with Crippen molar-refractivity contribution in [2.45, 2.75) is 0 Å². The van der Waals surface area contributed by atoms with Crippen molar-refractivity contribution >= 4 is 31.2 Å². The molecule has 0 aliphatic carbocycles. The first-order valence-electron chi connectivity index (χ1n) is 2.10. The summed E-state index contributed by atoms with van der Waals surface area (Å²) in [4.78, 5) is 0. The van der Waals surface area contributed by atoms with Gasteiger partial charge in [-0.2, -0.15) is 25.3 Å². The summed E-state index contributed by atoms with van der Waals surface area (Å²) in [6.07, 6.45) is 0. The number of rotatable bonds is 0. The second-order valence-corrected chi connectivity index (χ2v) is 4.03. The molecule has 0 spiro atoms. The van der Waals surface area contributed by atoms with Gasteiger partial charge in [0.2, 0.25) is 0 Å². The van der Waals surface area contributed by atoms with E-state index in [9.17, 15) is 0 Å². The van der Waals surface area contributed by atoms with Crippen LogP contribution in [0, 0.1) is 75.5 Å². The average molecular weight is 624 g/mol. The fraction of sp³-hybridized carbons (Fsp3) is 0. The normalized spacial score (nSPS) is 10.2. The molecule has 0 aromatic carbocycles. The molecule has 2 radical (unpaired) electrons. The Labute approximate surface area is 157 Å². The van der Waals surface area contributed by atoms with Crippen LogP contribution in [0.2, 0.25) is 0 Å². The van der Waals surface area contributed by atoms with Crippen LogP contribution in [0.15, 0.2) is 0 Å². The maximum absolute atomic E-state index is 8.74. The summed E-state index contributed by atoms with van der Waals surface area (Å²) in [5.41, 5.74) is 0. The van der Waals surface area contributed by atoms with E-state index in [1.54, 1.807) is 0 Å². The summed E-state index contributed by atoms with van der Waals surface area (Å²) >= 11 is 0. The van der Waals surface area contributed by atoms with Gasteiger partial charge in [0.25, 0.3) is 0 Å². The van der Waals surface area contributed by atoms with Crippen molar-refractivity contribution in [3.8, 4) is 0 Å². The largest absolute Gasteiger partial charge is 0.394 e. The smallest absolute Gasteiger partial charge is 0.264 e. The summed E-state index contributed by atoms with van der Waals surface area (Å²) in [6.45, 7) is 0. The van der Waals surface area contributed by atoms with E-state index in [4.69, 9.17) is 52.6 Å². The quantitative estimate of drug-likeness (QED) is 0.128. The van der Waals surface area contributed by atoms with Crippen LogP contribution in [0.4, 0.5) is 0 Å². The van der Waals surface area contributed by atoms with Crippen molar-refractivity contribution in [1.82, 2.24) is 0 Å². The Morgan fingerprint density at radius 1 is 0.412 bits per heavy atom. The molecule has 0 aromatic heterocycles. The third-order valence-electron chi connectivity index (χ3n) is 0. The topological polar surface area (TPSA) is 224 Å². The molecule has 0 saturated heterocycles. The van der Waals surface area contributed by atoms with Crippen LogP contribution in [0.1, 0.15) is 0 Å². The van der Waals surface area contributed by atoms with Gasteiger partial charge in [-0.15, -0.1) is 0 Å². The van der Waals surface area contributed by atoms with E-state index in [0.29, 0.717) is 0 Å². The molecule has 6 N–H and O–H groups in total. The van der Waals surface area contributed by atoms with E-state index in [-0.39, 0.29) is 75.5 Å². The standard InChI is InChI=1S/2Ho.3H2O4S/c;;3*1-5(2,3)4/h;;3*(H2,1,2,3,4). The van der Waals surface area contributed by atoms with Crippen LogP contribution < -0.4 is 0 Å². The molecule has 0 saturated carbocycles. The third-order valence-corrected chi connectivity index (χ3v) is 0. The SMILES string of the molecule is O=S(=O)(O)O.O=S(=O)(O)O.O=S(=O)(O)O.[Ho].[Ho]. The Balaban J connectivity index is -0.0000000400. The molecule has 0 fully saturated rings. The van der Waals surface area contributed by atoms with Crippen molar-refractivity contribution in [2.24, 2.45) is 0 Å². The zero-order valence-electron chi connectivity index (χ0n) is 6.96. The average Bonchev–Trinajstić information content (AvgIpc) is 1.41. The second-order valence-electron chi connectivity index (χ2n) is 1.34. The van der Waals surface area contributed by atoms with Crippen LogP contribution in [-0.4, -0.2) is 52.6 Å². The van der Waals surface area contributed by atoms with E-state index < -0.39 is 31.2 Å². The van der Waals surface area contributed by atoms with E-state index in [2.05, 4.69) is 0 Å². The van der Waals surface area contributed by atoms with E-state index >= 15 is 0 Å². The van der Waals surface area contributed by atoms with Crippen molar-refractivity contribution in [1.29, 1.82) is 0 Å². The molecular weight excluding hydrogens is 618 g/mol. The fourth-order valence-electron chi connectivity index (χ4n) is 0. The molecule has 0 atom stereocenters. The Hall–Kier alpha value is 2.13. The van der Waals surface area contributed by atoms with Crippen LogP contribution >= 0.6 is 0 Å². The summed E-state index contributed by atoms with van der Waals surface area (Å²) in [6, 6.07) is 0. The van der Waals surface area contributed by atoms with Gasteiger partial charge in [-0.3, -0.25) is 27.3 Å². The van der Waals surface area contributed by atoms with E-state index in [0.717, 1.165) is 0 Å². The zero-order chi connectivity index (χ0) is 13.5. The predicted octanol–water partition coefficient (Wildman–Crippen LogP) is -1.96. The third kappa shape index (κ3) is 1040. The Kier molecular flexibility index (Phi) is 24.3. The van der Waals surface area contributed by atoms with Gasteiger partial charge in [-0.25, -0.2) is 0 Å². The molecule has 17 heteroatoms. The zero-order valence-corrected chi connectivity index (χ0v) is 13.3. The van der Waals surface area contributed by atoms with Gasteiger partial charge in [0, 0.05) is 75.5 Å². The Morgan fingerprint density at radius 2 is 0.412 bits per heavy atom. The summed E-state index contributed by atoms with van der Waals surface area (Å²) in [7, 11) is -14.0. The van der Waals surface area contributed by atoms with E-state index in [1.807, 2.05) is 0 Å². The van der Waals surface area contributed by atoms with Gasteiger partial charge in [-0.1, -0.05) is 0 Å². The maximum Gasteiger partial charge on any atom is 0.394 e. The minimum absolute atomic E-state index is 0. The van der Waals surface area contributed by atoms with Gasteiger partial charge in [0.05, 0.1) is 0 Å². The van der Waals surface area contributed by atoms with Crippen molar-refractivity contribution in [3.63, 3.8) is 0 Å². The van der Waals surface area contributed by atoms with Crippen LogP contribution in [0.3, 0.4) is 0 Å². The number of hydrogen-bond acceptors (Lipinski definition) is 6. The van der Waals surface area contributed by atoms with Gasteiger partial charge < -0.3 is 0 Å². The first-order valence-corrected chi connectivity index (χ1v) is 6.29. The molecule has 0 aliphatic rings. The number of hydrogen-bond donors (Lipinski definition) is 6. The molecule has 12 nitrogen and oxygen atoms in total. The monoisotopic (exact) mass is 624 g/mol. The minimum atomic E-state index is -4.67. The molecule has 0 aromatic rings. The van der Waals surface area contributed by atoms with Crippen LogP contribution in [-0.2, 0) is 31.2 Å². The minimum Gasteiger partial charge on any atom is -0.264 e. The molecule has 0 rings (SSSR count). The van der Waals surface area contributed by atoms with E-state index in [1.165, 1.54) is 0 Å². The Morgan fingerprint density at radius 3 is 0.412 bits per heavy atom. The van der Waals surface area contributed by atoms with Gasteiger partial charge in [-0.05, 0) is 0 Å². The van der Waals surface area contributed by atoms with Gasteiger partial charge in [0.15, 0.2) is 0 Å². The summed E-state index contributed by atoms with van der Waals surface area (Å²) in [5, 5.41) is 0. The predicted molar refractivity (Wildman–Crippen MR) is 42.5 cm³/mol. The first kappa shape index (κ1) is 31.5. The van der Waals surface area contributed by atoms with Gasteiger partial charge in [0.1, 0.15) is 0 Å². The molecular formula is H6Ho2O12S3. The van der Waals surface area contributed by atoms with Crippen molar-refractivity contribution in [2.75, 3.05) is 0 Å². The summed E-state index contributed by atoms with van der Waals surface area (Å²) in [5.74, 6) is 0. The van der Waals surface area contributed by atoms with Gasteiger partial charge >= 0.3 is 31.2 Å². The first-order chi connectivity index (χ1) is 6.00. The molecule has 0 aliphatic heterocycles. The van der Waals surface area contributed by atoms with Crippen molar-refractivity contribution in [3.05, 3.63) is 0 Å². The molecule has 118 valence electrons. The molecule has 0 heterocycles. The van der Waals surface area contributed by atoms with Crippen LogP contribution in [0.5, 0.6) is 0 Å². The van der Waals surface area contributed by atoms with Crippen molar-refractivity contribution < 1.29 is 128 Å². The second kappa shape index (κ2) is 13.1. The maximum atomic E-state index is 8.74. The molecule has 0 unspecified atom stereocenters. The van der Waals surface area contributed by atoms with Crippen LogP contribution in [0.25, 0.3) is 0 Å².